The first kappa shape index (κ1) is 21.9. The Labute approximate surface area is 154 Å². The van der Waals surface area contributed by atoms with E-state index in [2.05, 4.69) is 5.32 Å². The lowest BCUT2D eigenvalue weighted by atomic mass is 9.82. The second-order valence-corrected chi connectivity index (χ2v) is 7.61. The number of carbonyl (C=O) groups excluding carboxylic acids is 4. The van der Waals surface area contributed by atoms with Crippen LogP contribution in [0, 0.1) is 11.8 Å². The Morgan fingerprint density at radius 2 is 1.77 bits per heavy atom. The van der Waals surface area contributed by atoms with Crippen molar-refractivity contribution in [2.75, 3.05) is 13.6 Å². The summed E-state index contributed by atoms with van der Waals surface area (Å²) in [5, 5.41) is 3.67. The molecule has 0 aromatic heterocycles. The van der Waals surface area contributed by atoms with Gasteiger partial charge >= 0.3 is 12.1 Å². The predicted molar refractivity (Wildman–Crippen MR) is 93.8 cm³/mol. The average molecular weight is 370 g/mol. The Balaban J connectivity index is 2.30. The third kappa shape index (κ3) is 8.31. The number of alkyl carbamates (subject to hydrolysis) is 1. The summed E-state index contributed by atoms with van der Waals surface area (Å²) in [4.78, 5) is 50.8. The molecule has 0 saturated heterocycles. The number of hydrogen-bond acceptors (Lipinski definition) is 6. The Morgan fingerprint density at radius 1 is 1.15 bits per heavy atom. The summed E-state index contributed by atoms with van der Waals surface area (Å²) in [6.45, 7) is 5.94. The molecule has 0 unspecified atom stereocenters. The standard InChI is InChI=1S/C18H30N2O6/c1-18(2,3)25-17(24)19-12-13-7-9-14(10-8-13)16(23)26-20(4)15(22)6-5-11-21/h11,13-14H,5-10,12H2,1-4H3,(H,19,24). The predicted octanol–water partition coefficient (Wildman–Crippen LogP) is 2.21. The molecule has 1 N–H and O–H groups in total. The fourth-order valence-electron chi connectivity index (χ4n) is 2.74. The fourth-order valence-corrected chi connectivity index (χ4v) is 2.74. The molecule has 8 nitrogen and oxygen atoms in total. The molecule has 2 amide bonds. The van der Waals surface area contributed by atoms with Crippen LogP contribution < -0.4 is 5.32 Å². The van der Waals surface area contributed by atoms with Crippen molar-refractivity contribution >= 4 is 24.3 Å². The molecule has 8 heteroatoms. The third-order valence-corrected chi connectivity index (χ3v) is 4.17. The van der Waals surface area contributed by atoms with Gasteiger partial charge in [-0.3, -0.25) is 4.79 Å². The van der Waals surface area contributed by atoms with E-state index in [1.165, 1.54) is 7.05 Å². The highest BCUT2D eigenvalue weighted by molar-refractivity contribution is 5.80. The topological polar surface area (TPSA) is 102 Å². The number of hydrogen-bond donors (Lipinski definition) is 1. The molecular formula is C18H30N2O6. The molecule has 1 aliphatic rings. The highest BCUT2D eigenvalue weighted by Crippen LogP contribution is 2.29. The van der Waals surface area contributed by atoms with Gasteiger partial charge in [-0.05, 0) is 52.4 Å². The number of rotatable bonds is 6. The van der Waals surface area contributed by atoms with Gasteiger partial charge in [0.1, 0.15) is 11.9 Å². The van der Waals surface area contributed by atoms with E-state index in [0.29, 0.717) is 31.6 Å². The van der Waals surface area contributed by atoms with E-state index in [0.717, 1.165) is 17.9 Å². The van der Waals surface area contributed by atoms with E-state index < -0.39 is 23.6 Å². The SMILES string of the molecule is CN(OC(=O)C1CCC(CNC(=O)OC(C)(C)C)CC1)C(=O)CCC=O. The molecule has 0 spiro atoms. The number of nitrogens with one attached hydrogen (secondary N) is 1. The van der Waals surface area contributed by atoms with Gasteiger partial charge in [0.2, 0.25) is 0 Å². The molecule has 148 valence electrons. The Bertz CT molecular complexity index is 506. The molecule has 1 rings (SSSR count). The van der Waals surface area contributed by atoms with Crippen molar-refractivity contribution in [3.8, 4) is 0 Å². The highest BCUT2D eigenvalue weighted by Gasteiger charge is 2.29. The molecule has 0 aromatic rings. The maximum absolute atomic E-state index is 12.1. The lowest BCUT2D eigenvalue weighted by molar-refractivity contribution is -0.197. The molecule has 0 atom stereocenters. The quantitative estimate of drug-likeness (QED) is 0.568. The molecule has 1 fully saturated rings. The van der Waals surface area contributed by atoms with E-state index in [4.69, 9.17) is 9.57 Å². The second kappa shape index (κ2) is 10.1. The van der Waals surface area contributed by atoms with Crippen LogP contribution in [0.2, 0.25) is 0 Å². The number of hydroxylamine groups is 2. The van der Waals surface area contributed by atoms with E-state index in [-0.39, 0.29) is 18.8 Å². The van der Waals surface area contributed by atoms with E-state index >= 15 is 0 Å². The minimum absolute atomic E-state index is 0.0242. The van der Waals surface area contributed by atoms with Gasteiger partial charge in [-0.1, -0.05) is 0 Å². The first-order chi connectivity index (χ1) is 12.1. The molecule has 0 bridgehead atoms. The van der Waals surface area contributed by atoms with Crippen LogP contribution in [0.3, 0.4) is 0 Å². The van der Waals surface area contributed by atoms with Crippen LogP contribution in [0.15, 0.2) is 0 Å². The van der Waals surface area contributed by atoms with Gasteiger partial charge in [0.15, 0.2) is 0 Å². The Kier molecular flexibility index (Phi) is 8.54. The van der Waals surface area contributed by atoms with Crippen LogP contribution >= 0.6 is 0 Å². The monoisotopic (exact) mass is 370 g/mol. The van der Waals surface area contributed by atoms with Crippen molar-refractivity contribution in [1.29, 1.82) is 0 Å². The first-order valence-corrected chi connectivity index (χ1v) is 9.01. The van der Waals surface area contributed by atoms with Crippen molar-refractivity contribution in [3.05, 3.63) is 0 Å². The number of nitrogens with zero attached hydrogens (tertiary/aromatic N) is 1. The van der Waals surface area contributed by atoms with E-state index in [1.54, 1.807) is 0 Å². The zero-order valence-electron chi connectivity index (χ0n) is 16.1. The molecular weight excluding hydrogens is 340 g/mol. The van der Waals surface area contributed by atoms with E-state index in [1.807, 2.05) is 20.8 Å². The number of ether oxygens (including phenoxy) is 1. The van der Waals surface area contributed by atoms with Crippen molar-refractivity contribution in [1.82, 2.24) is 10.4 Å². The third-order valence-electron chi connectivity index (χ3n) is 4.17. The molecule has 0 radical (unpaired) electrons. The van der Waals surface area contributed by atoms with Crippen molar-refractivity contribution in [3.63, 3.8) is 0 Å². The zero-order chi connectivity index (χ0) is 19.7. The van der Waals surface area contributed by atoms with Crippen molar-refractivity contribution < 1.29 is 28.8 Å². The van der Waals surface area contributed by atoms with Crippen LogP contribution in [0.25, 0.3) is 0 Å². The zero-order valence-corrected chi connectivity index (χ0v) is 16.1. The molecule has 0 aromatic carbocycles. The van der Waals surface area contributed by atoms with Gasteiger partial charge in [-0.2, -0.15) is 5.06 Å². The van der Waals surface area contributed by atoms with Gasteiger partial charge in [0.25, 0.3) is 5.91 Å². The average Bonchev–Trinajstić information content (AvgIpc) is 2.56. The van der Waals surface area contributed by atoms with Gasteiger partial charge in [-0.25, -0.2) is 9.59 Å². The fraction of sp³-hybridized carbons (Fsp3) is 0.778. The van der Waals surface area contributed by atoms with Crippen LogP contribution in [0.4, 0.5) is 4.79 Å². The van der Waals surface area contributed by atoms with Crippen molar-refractivity contribution in [2.24, 2.45) is 11.8 Å². The number of aldehydes is 1. The normalized spacial score (nSPS) is 20.0. The van der Waals surface area contributed by atoms with E-state index in [9.17, 15) is 19.2 Å². The van der Waals surface area contributed by atoms with Crippen LogP contribution in [-0.4, -0.2) is 48.5 Å². The summed E-state index contributed by atoms with van der Waals surface area (Å²) in [5.74, 6) is -0.793. The lowest BCUT2D eigenvalue weighted by Crippen LogP contribution is -2.37. The second-order valence-electron chi connectivity index (χ2n) is 7.61. The Morgan fingerprint density at radius 3 is 2.31 bits per heavy atom. The first-order valence-electron chi connectivity index (χ1n) is 9.01. The largest absolute Gasteiger partial charge is 0.444 e. The summed E-state index contributed by atoms with van der Waals surface area (Å²) in [5.41, 5.74) is -0.527. The summed E-state index contributed by atoms with van der Waals surface area (Å²) in [7, 11) is 1.38. The Hall–Kier alpha value is -2.12. The molecule has 0 heterocycles. The molecule has 1 aliphatic carbocycles. The van der Waals surface area contributed by atoms with Gasteiger partial charge in [-0.15, -0.1) is 0 Å². The minimum Gasteiger partial charge on any atom is -0.444 e. The molecule has 0 aliphatic heterocycles. The summed E-state index contributed by atoms with van der Waals surface area (Å²) < 4.78 is 5.20. The molecule has 26 heavy (non-hydrogen) atoms. The maximum Gasteiger partial charge on any atom is 0.407 e. The van der Waals surface area contributed by atoms with Crippen molar-refractivity contribution in [2.45, 2.75) is 64.9 Å². The van der Waals surface area contributed by atoms with Crippen LogP contribution in [-0.2, 0) is 24.0 Å². The van der Waals surface area contributed by atoms with Gasteiger partial charge in [0.05, 0.1) is 5.92 Å². The van der Waals surface area contributed by atoms with Crippen LogP contribution in [0.5, 0.6) is 0 Å². The highest BCUT2D eigenvalue weighted by atomic mass is 16.7. The minimum atomic E-state index is -0.527. The molecule has 1 saturated carbocycles. The maximum atomic E-state index is 12.1. The number of amides is 2. The van der Waals surface area contributed by atoms with Gasteiger partial charge < -0.3 is 19.7 Å². The smallest absolute Gasteiger partial charge is 0.407 e. The summed E-state index contributed by atoms with van der Waals surface area (Å²) in [6.07, 6.45) is 3.23. The van der Waals surface area contributed by atoms with Gasteiger partial charge in [0, 0.05) is 26.4 Å². The van der Waals surface area contributed by atoms with Crippen LogP contribution in [0.1, 0.15) is 59.3 Å². The number of carbonyl (C=O) groups is 4. The lowest BCUT2D eigenvalue weighted by Gasteiger charge is -2.28. The summed E-state index contributed by atoms with van der Waals surface area (Å²) >= 11 is 0. The summed E-state index contributed by atoms with van der Waals surface area (Å²) in [6, 6.07) is 0.